The summed E-state index contributed by atoms with van der Waals surface area (Å²) < 4.78 is 0. The van der Waals surface area contributed by atoms with Crippen LogP contribution in [-0.4, -0.2) is 11.9 Å². The molecule has 0 aliphatic carbocycles. The van der Waals surface area contributed by atoms with Crippen LogP contribution in [0.2, 0.25) is 0 Å². The number of carbonyl (C=O) groups excluding carboxylic acids is 1. The van der Waals surface area contributed by atoms with Crippen LogP contribution in [0.1, 0.15) is 36.5 Å². The summed E-state index contributed by atoms with van der Waals surface area (Å²) in [5.74, 6) is 2.60. The van der Waals surface area contributed by atoms with Gasteiger partial charge in [0.25, 0.3) is 0 Å². The molecule has 0 aliphatic rings. The Balaban J connectivity index is 2.59. The lowest BCUT2D eigenvalue weighted by atomic mass is 10.0. The van der Waals surface area contributed by atoms with Gasteiger partial charge in [-0.2, -0.15) is 0 Å². The molecule has 1 rings (SSSR count). The van der Waals surface area contributed by atoms with Crippen LogP contribution in [-0.2, 0) is 11.2 Å². The monoisotopic (exact) mass is 243 g/mol. The smallest absolute Gasteiger partial charge is 0.225 e. The summed E-state index contributed by atoms with van der Waals surface area (Å²) in [7, 11) is 0. The Hall–Kier alpha value is -1.75. The third-order valence-corrected chi connectivity index (χ3v) is 3.05. The lowest BCUT2D eigenvalue weighted by Crippen LogP contribution is -2.34. The number of terminal acetylenes is 1. The minimum atomic E-state index is -0.144. The van der Waals surface area contributed by atoms with Crippen LogP contribution in [0.25, 0.3) is 0 Å². The van der Waals surface area contributed by atoms with E-state index >= 15 is 0 Å². The fourth-order valence-electron chi connectivity index (χ4n) is 1.83. The Morgan fingerprint density at radius 3 is 2.67 bits per heavy atom. The molecule has 0 saturated heterocycles. The second-order valence-corrected chi connectivity index (χ2v) is 4.67. The highest BCUT2D eigenvalue weighted by Gasteiger charge is 2.09. The van der Waals surface area contributed by atoms with E-state index in [9.17, 15) is 4.79 Å². The predicted octanol–water partition coefficient (Wildman–Crippen LogP) is 2.76. The van der Waals surface area contributed by atoms with Crippen molar-refractivity contribution in [2.45, 2.75) is 46.1 Å². The predicted molar refractivity (Wildman–Crippen MR) is 75.3 cm³/mol. The average molecular weight is 243 g/mol. The molecule has 1 N–H and O–H groups in total. The summed E-state index contributed by atoms with van der Waals surface area (Å²) in [5.41, 5.74) is 3.48. The van der Waals surface area contributed by atoms with Gasteiger partial charge in [0.15, 0.2) is 0 Å². The van der Waals surface area contributed by atoms with Crippen LogP contribution >= 0.6 is 0 Å². The van der Waals surface area contributed by atoms with Crippen molar-refractivity contribution in [3.05, 3.63) is 34.9 Å². The van der Waals surface area contributed by atoms with E-state index in [1.807, 2.05) is 12.1 Å². The minimum Gasteiger partial charge on any atom is -0.342 e. The second-order valence-electron chi connectivity index (χ2n) is 4.67. The highest BCUT2D eigenvalue weighted by molar-refractivity contribution is 5.79. The highest BCUT2D eigenvalue weighted by atomic mass is 16.1. The number of hydrogen-bond acceptors (Lipinski definition) is 1. The van der Waals surface area contributed by atoms with Gasteiger partial charge in [-0.15, -0.1) is 6.42 Å². The Bertz CT molecular complexity index is 457. The maximum atomic E-state index is 11.8. The number of benzene rings is 1. The van der Waals surface area contributed by atoms with Crippen molar-refractivity contribution in [1.82, 2.24) is 5.32 Å². The third-order valence-electron chi connectivity index (χ3n) is 3.05. The molecule has 1 unspecified atom stereocenters. The molecule has 1 aromatic rings. The maximum Gasteiger partial charge on any atom is 0.225 e. The largest absolute Gasteiger partial charge is 0.342 e. The van der Waals surface area contributed by atoms with E-state index in [0.29, 0.717) is 6.42 Å². The Kier molecular flexibility index (Phi) is 5.45. The summed E-state index contributed by atoms with van der Waals surface area (Å²) in [6.45, 7) is 6.17. The van der Waals surface area contributed by atoms with E-state index in [1.165, 1.54) is 11.1 Å². The van der Waals surface area contributed by atoms with Crippen molar-refractivity contribution in [1.29, 1.82) is 0 Å². The van der Waals surface area contributed by atoms with Gasteiger partial charge in [0, 0.05) is 0 Å². The summed E-state index contributed by atoms with van der Waals surface area (Å²) in [6, 6.07) is 5.95. The van der Waals surface area contributed by atoms with E-state index in [2.05, 4.69) is 38.1 Å². The van der Waals surface area contributed by atoms with Crippen LogP contribution in [0.5, 0.6) is 0 Å². The van der Waals surface area contributed by atoms with Gasteiger partial charge in [-0.25, -0.2) is 0 Å². The number of aryl methyl sites for hydroxylation is 2. The molecule has 96 valence electrons. The quantitative estimate of drug-likeness (QED) is 0.792. The topological polar surface area (TPSA) is 29.1 Å². The van der Waals surface area contributed by atoms with E-state index < -0.39 is 0 Å². The summed E-state index contributed by atoms with van der Waals surface area (Å²) >= 11 is 0. The SMILES string of the molecule is C#CC(CCC)NC(=O)Cc1ccc(C)c(C)c1. The van der Waals surface area contributed by atoms with Gasteiger partial charge in [-0.05, 0) is 37.0 Å². The van der Waals surface area contributed by atoms with Gasteiger partial charge in [0.05, 0.1) is 12.5 Å². The van der Waals surface area contributed by atoms with Gasteiger partial charge >= 0.3 is 0 Å². The minimum absolute atomic E-state index is 0.00495. The molecule has 1 atom stereocenters. The Labute approximate surface area is 110 Å². The van der Waals surface area contributed by atoms with Crippen molar-refractivity contribution >= 4 is 5.91 Å². The molecule has 0 radical (unpaired) electrons. The van der Waals surface area contributed by atoms with E-state index in [4.69, 9.17) is 6.42 Å². The van der Waals surface area contributed by atoms with Crippen LogP contribution in [0, 0.1) is 26.2 Å². The summed E-state index contributed by atoms with van der Waals surface area (Å²) in [5, 5.41) is 2.88. The molecule has 0 heterocycles. The summed E-state index contributed by atoms with van der Waals surface area (Å²) in [4.78, 5) is 11.8. The van der Waals surface area contributed by atoms with Gasteiger partial charge < -0.3 is 5.32 Å². The van der Waals surface area contributed by atoms with Crippen LogP contribution in [0.3, 0.4) is 0 Å². The van der Waals surface area contributed by atoms with E-state index in [0.717, 1.165) is 18.4 Å². The first-order valence-corrected chi connectivity index (χ1v) is 6.38. The molecular formula is C16H21NO. The Morgan fingerprint density at radius 2 is 2.11 bits per heavy atom. The van der Waals surface area contributed by atoms with Crippen LogP contribution < -0.4 is 5.32 Å². The van der Waals surface area contributed by atoms with Gasteiger partial charge in [0.2, 0.25) is 5.91 Å². The van der Waals surface area contributed by atoms with Gasteiger partial charge in [-0.1, -0.05) is 37.5 Å². The van der Waals surface area contributed by atoms with Crippen molar-refractivity contribution in [3.8, 4) is 12.3 Å². The molecule has 0 fully saturated rings. The van der Waals surface area contributed by atoms with Gasteiger partial charge in [-0.3, -0.25) is 4.79 Å². The lowest BCUT2D eigenvalue weighted by Gasteiger charge is -2.12. The first-order chi connectivity index (χ1) is 8.56. The number of carbonyl (C=O) groups is 1. The molecule has 2 heteroatoms. The first-order valence-electron chi connectivity index (χ1n) is 6.38. The molecular weight excluding hydrogens is 222 g/mol. The fraction of sp³-hybridized carbons (Fsp3) is 0.438. The van der Waals surface area contributed by atoms with Crippen LogP contribution in [0.15, 0.2) is 18.2 Å². The zero-order valence-corrected chi connectivity index (χ0v) is 11.4. The van der Waals surface area contributed by atoms with Gasteiger partial charge in [0.1, 0.15) is 0 Å². The number of hydrogen-bond donors (Lipinski definition) is 1. The Morgan fingerprint density at radius 1 is 1.39 bits per heavy atom. The normalized spacial score (nSPS) is 11.7. The van der Waals surface area contributed by atoms with E-state index in [1.54, 1.807) is 0 Å². The first kappa shape index (κ1) is 14.3. The zero-order chi connectivity index (χ0) is 13.5. The molecule has 2 nitrogen and oxygen atoms in total. The molecule has 1 amide bonds. The van der Waals surface area contributed by atoms with Crippen molar-refractivity contribution in [2.24, 2.45) is 0 Å². The standard InChI is InChI=1S/C16H21NO/c1-5-7-15(6-2)17-16(18)11-14-9-8-12(3)13(4)10-14/h2,8-10,15H,5,7,11H2,1,3-4H3,(H,17,18). The lowest BCUT2D eigenvalue weighted by molar-refractivity contribution is -0.120. The molecule has 0 saturated carbocycles. The number of amides is 1. The average Bonchev–Trinajstić information content (AvgIpc) is 2.33. The molecule has 0 bridgehead atoms. The molecule has 0 spiro atoms. The van der Waals surface area contributed by atoms with Crippen molar-refractivity contribution in [2.75, 3.05) is 0 Å². The molecule has 0 aromatic heterocycles. The second kappa shape index (κ2) is 6.86. The van der Waals surface area contributed by atoms with E-state index in [-0.39, 0.29) is 11.9 Å². The summed E-state index contributed by atoms with van der Waals surface area (Å²) in [6.07, 6.45) is 7.57. The number of nitrogens with one attached hydrogen (secondary N) is 1. The highest BCUT2D eigenvalue weighted by Crippen LogP contribution is 2.10. The number of rotatable bonds is 5. The van der Waals surface area contributed by atoms with Crippen molar-refractivity contribution in [3.63, 3.8) is 0 Å². The molecule has 0 aliphatic heterocycles. The molecule has 18 heavy (non-hydrogen) atoms. The molecule has 1 aromatic carbocycles. The maximum absolute atomic E-state index is 11.8. The van der Waals surface area contributed by atoms with Crippen LogP contribution in [0.4, 0.5) is 0 Å². The zero-order valence-electron chi connectivity index (χ0n) is 11.4. The van der Waals surface area contributed by atoms with Crippen molar-refractivity contribution < 1.29 is 4.79 Å². The fourth-order valence-corrected chi connectivity index (χ4v) is 1.83. The third kappa shape index (κ3) is 4.25.